The van der Waals surface area contributed by atoms with Crippen molar-refractivity contribution in [3.8, 4) is 28.5 Å². The first-order valence-corrected chi connectivity index (χ1v) is 23.3. The number of carbonyl (C=O) groups is 1. The molecule has 5 aromatic rings. The Morgan fingerprint density at radius 1 is 0.984 bits per heavy atom. The molecular weight excluding hydrogens is 834 g/mol. The van der Waals surface area contributed by atoms with Crippen LogP contribution in [0.4, 0.5) is 11.5 Å². The van der Waals surface area contributed by atoms with Gasteiger partial charge in [-0.1, -0.05) is 54.4 Å². The number of likely N-dealkylation sites (tertiary alicyclic amines) is 2. The second kappa shape index (κ2) is 15.8. The van der Waals surface area contributed by atoms with E-state index in [9.17, 15) is 23.6 Å². The van der Waals surface area contributed by atoms with Gasteiger partial charge in [-0.05, 0) is 92.5 Å². The molecule has 2 unspecified atom stereocenters. The van der Waals surface area contributed by atoms with E-state index < -0.39 is 27.1 Å². The van der Waals surface area contributed by atoms with E-state index in [1.54, 1.807) is 6.20 Å². The lowest BCUT2D eigenvalue weighted by Gasteiger charge is -2.35. The highest BCUT2D eigenvalue weighted by Crippen LogP contribution is 2.54. The minimum absolute atomic E-state index is 0.0252. The standard InChI is InChI=1S/C46H45Cl2N7O5S/c1-25-35-19-39(60-44(35)36(20-49)31-10-11-38(40(25)31)55-17-13-28(23-55)46(57)53-61(58,59)30-8-9-30)34-6-2-4-32(41(34)47)33-5-3-7-37(42(33)48)52-45-43-27(12-15-50-45)18-26(21-51-43)22-54-16-14-29(56)24-54/h2-7,12,15,18-19,21,25,28-30,38,40,56H,8-11,13-14,16-17,22-24H2,1H3,(H,50,52)(H,53,57)/t25?,28-,29-,38-,40?/m1/s1. The smallest absolute Gasteiger partial charge is 0.237 e. The lowest BCUT2D eigenvalue weighted by molar-refractivity contribution is -0.122. The summed E-state index contributed by atoms with van der Waals surface area (Å²) in [4.78, 5) is 27.0. The zero-order chi connectivity index (χ0) is 42.2. The fourth-order valence-corrected chi connectivity index (χ4v) is 12.1. The van der Waals surface area contributed by atoms with Crippen LogP contribution in [-0.2, 0) is 21.4 Å². The minimum atomic E-state index is -3.60. The summed E-state index contributed by atoms with van der Waals surface area (Å²) < 4.78 is 33.9. The summed E-state index contributed by atoms with van der Waals surface area (Å²) in [6, 6.07) is 20.1. The van der Waals surface area contributed by atoms with E-state index >= 15 is 0 Å². The fourth-order valence-electron chi connectivity index (χ4n) is 10.1. The molecule has 10 rings (SSSR count). The van der Waals surface area contributed by atoms with Gasteiger partial charge in [-0.2, -0.15) is 5.26 Å². The predicted octanol–water partition coefficient (Wildman–Crippen LogP) is 8.28. The number of fused-ring (bicyclic) bond motifs is 3. The Hall–Kier alpha value is -4.81. The number of nitrogens with zero attached hydrogens (tertiary/aromatic N) is 5. The van der Waals surface area contributed by atoms with Crippen LogP contribution in [-0.4, -0.2) is 82.8 Å². The molecule has 3 N–H and O–H groups in total. The number of allylic oxidation sites excluding steroid dienone is 1. The number of aliphatic hydroxyl groups excluding tert-OH is 1. The Labute approximate surface area is 364 Å². The summed E-state index contributed by atoms with van der Waals surface area (Å²) in [5.41, 5.74) is 7.10. The molecule has 5 aliphatic rings. The van der Waals surface area contributed by atoms with E-state index in [1.807, 2.05) is 54.7 Å². The quantitative estimate of drug-likeness (QED) is 0.124. The molecule has 2 aliphatic heterocycles. The number of amides is 1. The number of hydrogen-bond acceptors (Lipinski definition) is 11. The molecule has 61 heavy (non-hydrogen) atoms. The molecule has 12 nitrogen and oxygen atoms in total. The number of carbonyl (C=O) groups excluding carboxylic acids is 1. The first kappa shape index (κ1) is 40.3. The van der Waals surface area contributed by atoms with Gasteiger partial charge in [-0.25, -0.2) is 13.4 Å². The summed E-state index contributed by atoms with van der Waals surface area (Å²) in [6.07, 6.45) is 7.50. The zero-order valence-corrected chi connectivity index (χ0v) is 35.9. The molecule has 2 aromatic carbocycles. The fraction of sp³-hybridized carbons (Fsp3) is 0.391. The number of nitriles is 1. The molecule has 4 fully saturated rings. The number of rotatable bonds is 10. The van der Waals surface area contributed by atoms with Crippen LogP contribution in [0.3, 0.4) is 0 Å². The molecule has 1 amide bonds. The van der Waals surface area contributed by atoms with E-state index in [1.165, 1.54) is 0 Å². The Bertz CT molecular complexity index is 2780. The van der Waals surface area contributed by atoms with Crippen LogP contribution >= 0.6 is 23.2 Å². The number of aromatic nitrogens is 2. The van der Waals surface area contributed by atoms with Crippen molar-refractivity contribution in [2.24, 2.45) is 11.8 Å². The Morgan fingerprint density at radius 2 is 1.77 bits per heavy atom. The SMILES string of the molecule is CC1c2cc(-c3cccc(-c4cccc(Nc5nccc6cc(CN7CC[C@@H](O)C7)cnc56)c4Cl)c3Cl)oc2C(C#N)=C2CC[C@@H](N3CC[C@@H](C(=O)NS(=O)(=O)C4CC4)C3)C21. The Balaban J connectivity index is 0.894. The highest BCUT2D eigenvalue weighted by molar-refractivity contribution is 7.90. The van der Waals surface area contributed by atoms with Crippen molar-refractivity contribution in [1.82, 2.24) is 24.5 Å². The van der Waals surface area contributed by atoms with E-state index in [0.29, 0.717) is 99.7 Å². The highest BCUT2D eigenvalue weighted by Gasteiger charge is 2.48. The van der Waals surface area contributed by atoms with Crippen LogP contribution in [0.1, 0.15) is 68.3 Å². The van der Waals surface area contributed by atoms with E-state index in [4.69, 9.17) is 32.6 Å². The normalized spacial score (nSPS) is 24.2. The molecule has 314 valence electrons. The van der Waals surface area contributed by atoms with Gasteiger partial charge in [-0.15, -0.1) is 0 Å². The van der Waals surface area contributed by atoms with Crippen LogP contribution in [0.5, 0.6) is 0 Å². The monoisotopic (exact) mass is 877 g/mol. The third kappa shape index (κ3) is 7.41. The first-order valence-electron chi connectivity index (χ1n) is 21.0. The Morgan fingerprint density at radius 3 is 2.54 bits per heavy atom. The van der Waals surface area contributed by atoms with Crippen LogP contribution in [0.2, 0.25) is 10.0 Å². The third-order valence-corrected chi connectivity index (χ3v) is 16.0. The molecule has 3 aromatic heterocycles. The van der Waals surface area contributed by atoms with Gasteiger partial charge in [0.1, 0.15) is 23.1 Å². The van der Waals surface area contributed by atoms with Gasteiger partial charge in [0, 0.05) is 78.2 Å². The molecule has 15 heteroatoms. The lowest BCUT2D eigenvalue weighted by atomic mass is 9.75. The lowest BCUT2D eigenvalue weighted by Crippen LogP contribution is -2.42. The van der Waals surface area contributed by atoms with E-state index in [-0.39, 0.29) is 24.0 Å². The number of β-amino-alcohol motifs (C(OH)–C–C–N with tert-alkyl or cyclic N) is 1. The van der Waals surface area contributed by atoms with Crippen molar-refractivity contribution in [1.29, 1.82) is 5.26 Å². The topological polar surface area (TPSA) is 165 Å². The van der Waals surface area contributed by atoms with Crippen molar-refractivity contribution < 1.29 is 22.7 Å². The van der Waals surface area contributed by atoms with Crippen molar-refractivity contribution in [3.63, 3.8) is 0 Å². The third-order valence-electron chi connectivity index (χ3n) is 13.4. The maximum absolute atomic E-state index is 13.0. The van der Waals surface area contributed by atoms with Crippen LogP contribution in [0.15, 0.2) is 77.0 Å². The molecule has 5 heterocycles. The van der Waals surface area contributed by atoms with Crippen LogP contribution in [0.25, 0.3) is 38.9 Å². The average Bonchev–Trinajstić information content (AvgIpc) is 3.54. The molecule has 2 saturated heterocycles. The van der Waals surface area contributed by atoms with E-state index in [2.05, 4.69) is 43.9 Å². The second-order valence-electron chi connectivity index (χ2n) is 17.2. The Kier molecular flexibility index (Phi) is 10.4. The second-order valence-corrected chi connectivity index (χ2v) is 19.9. The number of sulfonamides is 1. The van der Waals surface area contributed by atoms with Gasteiger partial charge in [0.05, 0.1) is 38.6 Å². The molecule has 0 spiro atoms. The van der Waals surface area contributed by atoms with Crippen molar-refractivity contribution in [2.75, 3.05) is 31.5 Å². The number of nitrogens with one attached hydrogen (secondary N) is 2. The average molecular weight is 879 g/mol. The number of pyridine rings is 2. The van der Waals surface area contributed by atoms with Crippen LogP contribution < -0.4 is 10.0 Å². The van der Waals surface area contributed by atoms with Crippen LogP contribution in [0, 0.1) is 23.2 Å². The van der Waals surface area contributed by atoms with Gasteiger partial charge in [-0.3, -0.25) is 24.3 Å². The van der Waals surface area contributed by atoms with Gasteiger partial charge in [0.2, 0.25) is 15.9 Å². The summed E-state index contributed by atoms with van der Waals surface area (Å²) in [7, 11) is -3.60. The number of furan rings is 1. The number of benzene rings is 2. The number of aliphatic hydroxyl groups is 1. The molecule has 3 aliphatic carbocycles. The zero-order valence-electron chi connectivity index (χ0n) is 33.6. The molecule has 0 bridgehead atoms. The first-order chi connectivity index (χ1) is 29.5. The summed E-state index contributed by atoms with van der Waals surface area (Å²) in [5.74, 6) is 0.973. The largest absolute Gasteiger partial charge is 0.455 e. The van der Waals surface area contributed by atoms with Crippen molar-refractivity contribution in [2.45, 2.75) is 75.3 Å². The molecule has 5 atom stereocenters. The van der Waals surface area contributed by atoms with Gasteiger partial charge < -0.3 is 14.8 Å². The summed E-state index contributed by atoms with van der Waals surface area (Å²) in [6.45, 7) is 5.60. The predicted molar refractivity (Wildman–Crippen MR) is 236 cm³/mol. The number of hydrogen-bond donors (Lipinski definition) is 3. The highest BCUT2D eigenvalue weighted by atomic mass is 35.5. The van der Waals surface area contributed by atoms with E-state index in [0.717, 1.165) is 54.4 Å². The minimum Gasteiger partial charge on any atom is -0.455 e. The van der Waals surface area contributed by atoms with Gasteiger partial charge in [0.15, 0.2) is 5.82 Å². The molecule has 2 saturated carbocycles. The van der Waals surface area contributed by atoms with Gasteiger partial charge >= 0.3 is 0 Å². The maximum Gasteiger partial charge on any atom is 0.237 e. The van der Waals surface area contributed by atoms with Crippen molar-refractivity contribution in [3.05, 3.63) is 99.5 Å². The molecule has 0 radical (unpaired) electrons. The van der Waals surface area contributed by atoms with Gasteiger partial charge in [0.25, 0.3) is 0 Å². The number of halogens is 2. The number of anilines is 2. The summed E-state index contributed by atoms with van der Waals surface area (Å²) >= 11 is 14.4. The maximum atomic E-state index is 13.0. The molecular formula is C46H45Cl2N7O5S. The summed E-state index contributed by atoms with van der Waals surface area (Å²) in [5, 5.41) is 25.3. The van der Waals surface area contributed by atoms with Crippen molar-refractivity contribution >= 4 is 67.1 Å².